The SMILES string of the molecule is C=CCN(C)C(=O)C1(C#N)CCOCC1. The van der Waals surface area contributed by atoms with Crippen LogP contribution in [-0.4, -0.2) is 37.6 Å². The molecule has 0 aromatic rings. The summed E-state index contributed by atoms with van der Waals surface area (Å²) >= 11 is 0. The first-order chi connectivity index (χ1) is 7.16. The van der Waals surface area contributed by atoms with Gasteiger partial charge in [0.25, 0.3) is 0 Å². The first kappa shape index (κ1) is 11.7. The van der Waals surface area contributed by atoms with Gasteiger partial charge in [-0.1, -0.05) is 6.08 Å². The van der Waals surface area contributed by atoms with Crippen LogP contribution in [0.5, 0.6) is 0 Å². The normalized spacial score (nSPS) is 18.9. The van der Waals surface area contributed by atoms with E-state index in [9.17, 15) is 4.79 Å². The van der Waals surface area contributed by atoms with Crippen molar-refractivity contribution in [1.29, 1.82) is 5.26 Å². The van der Waals surface area contributed by atoms with Gasteiger partial charge in [-0.2, -0.15) is 5.26 Å². The number of rotatable bonds is 3. The van der Waals surface area contributed by atoms with Crippen LogP contribution in [0.3, 0.4) is 0 Å². The Bertz CT molecular complexity index is 287. The average molecular weight is 208 g/mol. The molecule has 1 amide bonds. The average Bonchev–Trinajstić information content (AvgIpc) is 2.29. The molecule has 82 valence electrons. The van der Waals surface area contributed by atoms with E-state index in [0.29, 0.717) is 32.6 Å². The van der Waals surface area contributed by atoms with Crippen LogP contribution in [0.4, 0.5) is 0 Å². The minimum Gasteiger partial charge on any atom is -0.381 e. The van der Waals surface area contributed by atoms with E-state index >= 15 is 0 Å². The number of nitrogens with zero attached hydrogens (tertiary/aromatic N) is 2. The van der Waals surface area contributed by atoms with Crippen LogP contribution in [-0.2, 0) is 9.53 Å². The zero-order chi connectivity index (χ0) is 11.3. The van der Waals surface area contributed by atoms with Gasteiger partial charge in [-0.25, -0.2) is 0 Å². The van der Waals surface area contributed by atoms with Crippen molar-refractivity contribution in [2.24, 2.45) is 5.41 Å². The fourth-order valence-corrected chi connectivity index (χ4v) is 1.74. The molecule has 1 saturated heterocycles. The van der Waals surface area contributed by atoms with Gasteiger partial charge in [0.1, 0.15) is 5.41 Å². The lowest BCUT2D eigenvalue weighted by atomic mass is 9.80. The lowest BCUT2D eigenvalue weighted by Gasteiger charge is -2.32. The van der Waals surface area contributed by atoms with Crippen molar-refractivity contribution in [3.63, 3.8) is 0 Å². The largest absolute Gasteiger partial charge is 0.381 e. The van der Waals surface area contributed by atoms with Gasteiger partial charge in [-0.05, 0) is 12.8 Å². The fraction of sp³-hybridized carbons (Fsp3) is 0.636. The third-order valence-electron chi connectivity index (χ3n) is 2.72. The summed E-state index contributed by atoms with van der Waals surface area (Å²) in [6.07, 6.45) is 2.63. The summed E-state index contributed by atoms with van der Waals surface area (Å²) in [7, 11) is 1.69. The predicted molar refractivity (Wildman–Crippen MR) is 55.9 cm³/mol. The Morgan fingerprint density at radius 2 is 2.27 bits per heavy atom. The fourth-order valence-electron chi connectivity index (χ4n) is 1.74. The minimum atomic E-state index is -0.879. The van der Waals surface area contributed by atoms with Crippen molar-refractivity contribution in [1.82, 2.24) is 4.90 Å². The van der Waals surface area contributed by atoms with Crippen molar-refractivity contribution >= 4 is 5.91 Å². The molecular formula is C11H16N2O2. The molecule has 15 heavy (non-hydrogen) atoms. The molecule has 0 spiro atoms. The van der Waals surface area contributed by atoms with E-state index in [1.54, 1.807) is 18.0 Å². The van der Waals surface area contributed by atoms with Crippen LogP contribution < -0.4 is 0 Å². The molecule has 1 heterocycles. The van der Waals surface area contributed by atoms with Gasteiger partial charge in [-0.3, -0.25) is 4.79 Å². The third-order valence-corrected chi connectivity index (χ3v) is 2.72. The third kappa shape index (κ3) is 2.37. The zero-order valence-corrected chi connectivity index (χ0v) is 9.03. The number of ether oxygens (including phenoxy) is 1. The Morgan fingerprint density at radius 3 is 2.73 bits per heavy atom. The molecule has 4 heteroatoms. The van der Waals surface area contributed by atoms with E-state index in [2.05, 4.69) is 12.6 Å². The smallest absolute Gasteiger partial charge is 0.243 e. The number of hydrogen-bond donors (Lipinski definition) is 0. The molecule has 1 rings (SSSR count). The molecule has 0 unspecified atom stereocenters. The maximum atomic E-state index is 12.0. The number of carbonyl (C=O) groups is 1. The van der Waals surface area contributed by atoms with Crippen LogP contribution in [0.1, 0.15) is 12.8 Å². The summed E-state index contributed by atoms with van der Waals surface area (Å²) in [5.41, 5.74) is -0.879. The van der Waals surface area contributed by atoms with E-state index in [4.69, 9.17) is 10.00 Å². The van der Waals surface area contributed by atoms with Gasteiger partial charge >= 0.3 is 0 Å². The van der Waals surface area contributed by atoms with Crippen LogP contribution >= 0.6 is 0 Å². The van der Waals surface area contributed by atoms with Crippen molar-refractivity contribution in [3.8, 4) is 6.07 Å². The first-order valence-electron chi connectivity index (χ1n) is 5.02. The van der Waals surface area contributed by atoms with Crippen LogP contribution in [0, 0.1) is 16.7 Å². The molecule has 0 atom stereocenters. The van der Waals surface area contributed by atoms with Crippen molar-refractivity contribution in [2.75, 3.05) is 26.8 Å². The summed E-state index contributed by atoms with van der Waals surface area (Å²) in [6, 6.07) is 2.15. The number of carbonyl (C=O) groups excluding carboxylic acids is 1. The van der Waals surface area contributed by atoms with Crippen molar-refractivity contribution in [2.45, 2.75) is 12.8 Å². The molecular weight excluding hydrogens is 192 g/mol. The van der Waals surface area contributed by atoms with Gasteiger partial charge in [0.2, 0.25) is 5.91 Å². The van der Waals surface area contributed by atoms with Gasteiger partial charge in [0.15, 0.2) is 0 Å². The van der Waals surface area contributed by atoms with Gasteiger partial charge < -0.3 is 9.64 Å². The summed E-state index contributed by atoms with van der Waals surface area (Å²) in [6.45, 7) is 5.03. The van der Waals surface area contributed by atoms with Crippen LogP contribution in [0.15, 0.2) is 12.7 Å². The van der Waals surface area contributed by atoms with E-state index in [0.717, 1.165) is 0 Å². The second kappa shape index (κ2) is 4.94. The Balaban J connectivity index is 2.77. The first-order valence-corrected chi connectivity index (χ1v) is 5.02. The molecule has 0 aromatic heterocycles. The van der Waals surface area contributed by atoms with Crippen molar-refractivity contribution in [3.05, 3.63) is 12.7 Å². The van der Waals surface area contributed by atoms with Crippen molar-refractivity contribution < 1.29 is 9.53 Å². The van der Waals surface area contributed by atoms with Gasteiger partial charge in [-0.15, -0.1) is 6.58 Å². The Kier molecular flexibility index (Phi) is 3.87. The second-order valence-corrected chi connectivity index (χ2v) is 3.78. The Hall–Kier alpha value is -1.34. The topological polar surface area (TPSA) is 53.3 Å². The molecule has 0 aliphatic carbocycles. The molecule has 1 aliphatic heterocycles. The zero-order valence-electron chi connectivity index (χ0n) is 9.03. The highest BCUT2D eigenvalue weighted by atomic mass is 16.5. The summed E-state index contributed by atoms with van der Waals surface area (Å²) in [5.74, 6) is -0.117. The Morgan fingerprint density at radius 1 is 1.67 bits per heavy atom. The number of hydrogen-bond acceptors (Lipinski definition) is 3. The number of likely N-dealkylation sites (N-methyl/N-ethyl adjacent to an activating group) is 1. The minimum absolute atomic E-state index is 0.117. The van der Waals surface area contributed by atoms with E-state index in [-0.39, 0.29) is 5.91 Å². The maximum Gasteiger partial charge on any atom is 0.243 e. The number of nitriles is 1. The standard InChI is InChI=1S/C11H16N2O2/c1-3-6-13(2)10(14)11(9-12)4-7-15-8-5-11/h3H,1,4-8H2,2H3. The molecule has 0 saturated carbocycles. The summed E-state index contributed by atoms with van der Waals surface area (Å²) in [4.78, 5) is 13.6. The molecule has 1 fully saturated rings. The highest BCUT2D eigenvalue weighted by molar-refractivity contribution is 5.85. The molecule has 4 nitrogen and oxygen atoms in total. The van der Waals surface area contributed by atoms with Gasteiger partial charge in [0.05, 0.1) is 6.07 Å². The van der Waals surface area contributed by atoms with Gasteiger partial charge in [0, 0.05) is 26.8 Å². The number of amides is 1. The quantitative estimate of drug-likeness (QED) is 0.649. The maximum absolute atomic E-state index is 12.0. The van der Waals surface area contributed by atoms with Crippen LogP contribution in [0.2, 0.25) is 0 Å². The summed E-state index contributed by atoms with van der Waals surface area (Å²) < 4.78 is 5.17. The highest BCUT2D eigenvalue weighted by Gasteiger charge is 2.41. The predicted octanol–water partition coefficient (Wildman–Crippen LogP) is 0.951. The van der Waals surface area contributed by atoms with E-state index < -0.39 is 5.41 Å². The van der Waals surface area contributed by atoms with E-state index in [1.165, 1.54) is 0 Å². The molecule has 1 aliphatic rings. The lowest BCUT2D eigenvalue weighted by molar-refractivity contribution is -0.141. The van der Waals surface area contributed by atoms with Crippen LogP contribution in [0.25, 0.3) is 0 Å². The van der Waals surface area contributed by atoms with E-state index in [1.807, 2.05) is 0 Å². The molecule has 0 bridgehead atoms. The summed E-state index contributed by atoms with van der Waals surface area (Å²) in [5, 5.41) is 9.15. The highest BCUT2D eigenvalue weighted by Crippen LogP contribution is 2.31. The molecule has 0 N–H and O–H groups in total. The molecule has 0 aromatic carbocycles. The Labute approximate surface area is 90.1 Å². The lowest BCUT2D eigenvalue weighted by Crippen LogP contribution is -2.44. The second-order valence-electron chi connectivity index (χ2n) is 3.78. The molecule has 0 radical (unpaired) electrons. The monoisotopic (exact) mass is 208 g/mol.